The number of rotatable bonds is 15. The third-order valence-corrected chi connectivity index (χ3v) is 15.1. The summed E-state index contributed by atoms with van der Waals surface area (Å²) in [7, 11) is 0. The predicted octanol–water partition coefficient (Wildman–Crippen LogP) is 4.28. The highest BCUT2D eigenvalue weighted by molar-refractivity contribution is 6.30. The van der Waals surface area contributed by atoms with Crippen LogP contribution >= 0.6 is 11.6 Å². The summed E-state index contributed by atoms with van der Waals surface area (Å²) in [6.07, 6.45) is 1.29. The summed E-state index contributed by atoms with van der Waals surface area (Å²) in [5.74, 6) is -3.67. The second-order valence-corrected chi connectivity index (χ2v) is 21.0. The number of halogens is 1. The lowest BCUT2D eigenvalue weighted by molar-refractivity contribution is -0.143. The van der Waals surface area contributed by atoms with Crippen LogP contribution in [0.4, 0.5) is 4.79 Å². The lowest BCUT2D eigenvalue weighted by Gasteiger charge is -2.32. The van der Waals surface area contributed by atoms with Crippen molar-refractivity contribution in [3.05, 3.63) is 172 Å². The van der Waals surface area contributed by atoms with Gasteiger partial charge >= 0.3 is 6.09 Å². The van der Waals surface area contributed by atoms with Crippen molar-refractivity contribution < 1.29 is 43.0 Å². The molecule has 2 unspecified atom stereocenters. The Labute approximate surface area is 468 Å². The summed E-state index contributed by atoms with van der Waals surface area (Å²) >= 11 is 6.09. The van der Waals surface area contributed by atoms with Crippen molar-refractivity contribution >= 4 is 64.0 Å². The van der Waals surface area contributed by atoms with Crippen LogP contribution in [0, 0.1) is 5.92 Å². The number of aromatic nitrogens is 1. The number of benzene rings is 5. The first kappa shape index (κ1) is 56.5. The van der Waals surface area contributed by atoms with Gasteiger partial charge in [-0.1, -0.05) is 115 Å². The molecule has 10 N–H and O–H groups in total. The summed E-state index contributed by atoms with van der Waals surface area (Å²) in [4.78, 5) is 108. The lowest BCUT2D eigenvalue weighted by atomic mass is 9.90. The number of hydrogen-bond donors (Lipinski definition) is 9. The van der Waals surface area contributed by atoms with E-state index in [2.05, 4.69) is 42.2 Å². The minimum Gasteiger partial charge on any atom is -0.489 e. The molecule has 3 saturated heterocycles. The highest BCUT2D eigenvalue weighted by Gasteiger charge is 2.45. The van der Waals surface area contributed by atoms with Crippen LogP contribution in [-0.4, -0.2) is 120 Å². The molecule has 0 radical (unpaired) electrons. The van der Waals surface area contributed by atoms with Gasteiger partial charge in [0.2, 0.25) is 35.4 Å². The number of amides is 7. The molecule has 0 saturated carbocycles. The fourth-order valence-electron chi connectivity index (χ4n) is 10.6. The standard InChI is InChI=1S/C60H67ClN10O9/c61-43-19-15-40(16-20-43)36-79-44-21-17-38(18-22-44)29-48-55(73)69-51(31-37-9-3-1-4-10-37)59(77)71-35-45(80-60(78)64-28-25-62)33-52(71)57(75)70-53(41-11-5-2-6-12-41)58(76)68-50(32-42-34-65-47-14-8-7-13-46(42)47)56(74)67-49(54(72)66-48)30-39-23-26-63-27-24-39/h1-22,34,39,45,48-53,63,65H,23-33,35-36,62H2,(H,64,78)(H,66,72)(H,67,74)(H,68,76)(H,69,73)(H,70,75)/t45-,48+,49?,50-,51?,52+,53+/m1/s1. The zero-order chi connectivity index (χ0) is 56.0. The molecule has 0 spiro atoms. The van der Waals surface area contributed by atoms with E-state index in [1.54, 1.807) is 97.2 Å². The normalized spacial score (nSPS) is 22.6. The molecule has 0 bridgehead atoms. The van der Waals surface area contributed by atoms with Crippen molar-refractivity contribution in [2.24, 2.45) is 11.7 Å². The van der Waals surface area contributed by atoms with E-state index in [4.69, 9.17) is 26.8 Å². The fourth-order valence-corrected chi connectivity index (χ4v) is 10.7. The van der Waals surface area contributed by atoms with Crippen LogP contribution in [0.1, 0.15) is 59.5 Å². The number of ether oxygens (including phenoxy) is 2. The molecule has 7 atom stereocenters. The van der Waals surface area contributed by atoms with E-state index < -0.39 is 83.9 Å². The molecule has 3 fully saturated rings. The lowest BCUT2D eigenvalue weighted by Crippen LogP contribution is -2.61. The summed E-state index contributed by atoms with van der Waals surface area (Å²) in [6.45, 7) is 1.66. The van der Waals surface area contributed by atoms with Gasteiger partial charge in [-0.3, -0.25) is 28.8 Å². The number of para-hydroxylation sites is 1. The number of H-pyrrole nitrogens is 1. The highest BCUT2D eigenvalue weighted by Crippen LogP contribution is 2.27. The third-order valence-electron chi connectivity index (χ3n) is 14.8. The van der Waals surface area contributed by atoms with Crippen LogP contribution in [-0.2, 0) is 59.4 Å². The van der Waals surface area contributed by atoms with Gasteiger partial charge in [0.25, 0.3) is 0 Å². The van der Waals surface area contributed by atoms with E-state index in [0.717, 1.165) is 29.3 Å². The number of alkyl carbamates (subject to hydrolysis) is 1. The van der Waals surface area contributed by atoms with E-state index >= 15 is 28.8 Å². The van der Waals surface area contributed by atoms with E-state index in [0.29, 0.717) is 46.1 Å². The largest absolute Gasteiger partial charge is 0.489 e. The van der Waals surface area contributed by atoms with Gasteiger partial charge in [-0.15, -0.1) is 0 Å². The number of carbonyl (C=O) groups is 7. The Kier molecular flexibility index (Phi) is 19.1. The molecule has 6 aromatic rings. The third kappa shape index (κ3) is 14.9. The van der Waals surface area contributed by atoms with E-state index in [1.165, 1.54) is 4.90 Å². The van der Waals surface area contributed by atoms with Crippen LogP contribution in [0.2, 0.25) is 5.02 Å². The number of piperidine rings is 1. The molecule has 20 heteroatoms. The van der Waals surface area contributed by atoms with Crippen LogP contribution in [0.3, 0.4) is 0 Å². The maximum Gasteiger partial charge on any atom is 0.407 e. The Balaban J connectivity index is 1.11. The molecular formula is C60H67ClN10O9. The van der Waals surface area contributed by atoms with E-state index in [-0.39, 0.29) is 64.3 Å². The van der Waals surface area contributed by atoms with Gasteiger partial charge in [0.1, 0.15) is 54.7 Å². The van der Waals surface area contributed by atoms with E-state index in [1.807, 2.05) is 42.5 Å². The van der Waals surface area contributed by atoms with Crippen molar-refractivity contribution in [2.75, 3.05) is 32.7 Å². The Bertz CT molecular complexity index is 3100. The smallest absolute Gasteiger partial charge is 0.407 e. The van der Waals surface area contributed by atoms with Gasteiger partial charge in [0.15, 0.2) is 0 Å². The van der Waals surface area contributed by atoms with Crippen LogP contribution in [0.15, 0.2) is 140 Å². The number of hydrogen-bond acceptors (Lipinski definition) is 11. The topological polar surface area (TPSA) is 267 Å². The first-order valence-corrected chi connectivity index (χ1v) is 27.5. The zero-order valence-electron chi connectivity index (χ0n) is 44.2. The first-order valence-electron chi connectivity index (χ1n) is 27.1. The van der Waals surface area contributed by atoms with Crippen molar-refractivity contribution in [3.63, 3.8) is 0 Å². The zero-order valence-corrected chi connectivity index (χ0v) is 44.9. The molecule has 7 amide bonds. The number of fused-ring (bicyclic) bond motifs is 2. The maximum atomic E-state index is 15.4. The van der Waals surface area contributed by atoms with Gasteiger partial charge in [-0.25, -0.2) is 4.79 Å². The van der Waals surface area contributed by atoms with Gasteiger partial charge in [-0.2, -0.15) is 0 Å². The number of carbonyl (C=O) groups excluding carboxylic acids is 7. The van der Waals surface area contributed by atoms with Gasteiger partial charge in [0.05, 0.1) is 6.54 Å². The molecule has 418 valence electrons. The quantitative estimate of drug-likeness (QED) is 0.0701. The van der Waals surface area contributed by atoms with Crippen LogP contribution in [0.5, 0.6) is 5.75 Å². The number of aromatic amines is 1. The average Bonchev–Trinajstić information content (AvgIpc) is 4.10. The molecule has 5 aromatic carbocycles. The minimum atomic E-state index is -1.41. The average molecular weight is 1110 g/mol. The van der Waals surface area contributed by atoms with Gasteiger partial charge in [-0.05, 0) is 96.4 Å². The maximum absolute atomic E-state index is 15.4. The van der Waals surface area contributed by atoms with Gasteiger partial charge in [0, 0.05) is 60.9 Å². The number of nitrogens with zero attached hydrogens (tertiary/aromatic N) is 1. The van der Waals surface area contributed by atoms with Crippen molar-refractivity contribution in [2.45, 2.75) is 93.9 Å². The van der Waals surface area contributed by atoms with Crippen LogP contribution in [0.25, 0.3) is 10.9 Å². The highest BCUT2D eigenvalue weighted by atomic mass is 35.5. The number of nitrogens with one attached hydrogen (secondary N) is 8. The monoisotopic (exact) mass is 1110 g/mol. The minimum absolute atomic E-state index is 0.00185. The molecule has 0 aliphatic carbocycles. The molecule has 1 aromatic heterocycles. The second-order valence-electron chi connectivity index (χ2n) is 20.5. The SMILES string of the molecule is NCCNC(=O)O[C@@H]1C[C@H]2C(=O)N[C@@H](c3ccccc3)C(=O)N[C@H](Cc3c[nH]c4ccccc34)C(=O)NC(CC3CCNCC3)C(=O)N[C@@H](Cc3ccc(OCc4ccc(Cl)cc4)cc3)C(=O)NC(Cc3ccccc3)C(=O)N2C1. The fraction of sp³-hybridized carbons (Fsp3) is 0.350. The molecule has 3 aliphatic rings. The molecule has 19 nitrogen and oxygen atoms in total. The Morgan fingerprint density at radius 2 is 1.24 bits per heavy atom. The molecule has 80 heavy (non-hydrogen) atoms. The summed E-state index contributed by atoms with van der Waals surface area (Å²) in [5.41, 5.74) is 9.72. The second kappa shape index (κ2) is 27.1. The summed E-state index contributed by atoms with van der Waals surface area (Å²) in [5, 5.41) is 22.1. The molecular weight excluding hydrogens is 1040 g/mol. The van der Waals surface area contributed by atoms with Crippen molar-refractivity contribution in [1.29, 1.82) is 0 Å². The summed E-state index contributed by atoms with van der Waals surface area (Å²) in [6, 6.07) is 31.4. The predicted molar refractivity (Wildman–Crippen MR) is 301 cm³/mol. The number of nitrogens with two attached hydrogens (primary N) is 1. The summed E-state index contributed by atoms with van der Waals surface area (Å²) < 4.78 is 11.8. The first-order chi connectivity index (χ1) is 38.9. The Hall–Kier alpha value is -8.26. The van der Waals surface area contributed by atoms with Crippen molar-refractivity contribution in [3.8, 4) is 5.75 Å². The van der Waals surface area contributed by atoms with Gasteiger partial charge < -0.3 is 62.3 Å². The van der Waals surface area contributed by atoms with Crippen molar-refractivity contribution in [1.82, 2.24) is 47.1 Å². The van der Waals surface area contributed by atoms with Crippen LogP contribution < -0.4 is 47.7 Å². The Morgan fingerprint density at radius 3 is 1.96 bits per heavy atom. The van der Waals surface area contributed by atoms with E-state index in [9.17, 15) is 4.79 Å². The molecule has 4 heterocycles. The Morgan fingerprint density at radius 1 is 0.637 bits per heavy atom. The molecule has 3 aliphatic heterocycles. The molecule has 9 rings (SSSR count).